The van der Waals surface area contributed by atoms with Gasteiger partial charge in [-0.25, -0.2) is 0 Å². The number of nitrogens with one attached hydrogen (secondary N) is 1. The van der Waals surface area contributed by atoms with Crippen molar-refractivity contribution in [3.8, 4) is 5.75 Å². The van der Waals surface area contributed by atoms with Crippen molar-refractivity contribution < 1.29 is 9.53 Å². The van der Waals surface area contributed by atoms with Crippen LogP contribution in [0.5, 0.6) is 5.75 Å². The molecule has 26 heavy (non-hydrogen) atoms. The predicted octanol–water partition coefficient (Wildman–Crippen LogP) is 5.26. The zero-order valence-electron chi connectivity index (χ0n) is 17.1. The third-order valence-electron chi connectivity index (χ3n) is 5.10. The van der Waals surface area contributed by atoms with Gasteiger partial charge in [-0.2, -0.15) is 0 Å². The topological polar surface area (TPSA) is 38.3 Å². The van der Waals surface area contributed by atoms with Crippen LogP contribution < -0.4 is 10.1 Å². The number of rotatable bonds is 6. The van der Waals surface area contributed by atoms with Crippen LogP contribution in [0.3, 0.4) is 0 Å². The first-order chi connectivity index (χ1) is 12.2. The standard InChI is InChI=1S/C23H31NO2/c1-8-21(20-10-9-15(3)16(4)13-20)24-23(25)19(7)26-22-12-14(2)11-17(5)18(22)6/h9-13,19,21H,8H2,1-7H3,(H,24,25)/t19-,21-/m0/s1. The lowest BCUT2D eigenvalue weighted by atomic mass is 9.99. The number of aryl methyl sites for hydroxylation is 4. The molecule has 0 aliphatic heterocycles. The van der Waals surface area contributed by atoms with E-state index in [2.05, 4.69) is 57.3 Å². The molecular weight excluding hydrogens is 322 g/mol. The second-order valence-electron chi connectivity index (χ2n) is 7.28. The van der Waals surface area contributed by atoms with E-state index in [0.717, 1.165) is 28.9 Å². The van der Waals surface area contributed by atoms with Gasteiger partial charge in [-0.1, -0.05) is 31.2 Å². The molecule has 0 saturated heterocycles. The van der Waals surface area contributed by atoms with Gasteiger partial charge in [-0.05, 0) is 87.4 Å². The molecule has 0 unspecified atom stereocenters. The highest BCUT2D eigenvalue weighted by molar-refractivity contribution is 5.81. The van der Waals surface area contributed by atoms with Crippen molar-refractivity contribution in [2.24, 2.45) is 0 Å². The second kappa shape index (κ2) is 8.39. The maximum Gasteiger partial charge on any atom is 0.261 e. The Morgan fingerprint density at radius 3 is 2.31 bits per heavy atom. The molecule has 0 aliphatic rings. The van der Waals surface area contributed by atoms with Crippen LogP contribution in [0.2, 0.25) is 0 Å². The largest absolute Gasteiger partial charge is 0.481 e. The summed E-state index contributed by atoms with van der Waals surface area (Å²) in [5, 5.41) is 3.13. The first kappa shape index (κ1) is 20.0. The van der Waals surface area contributed by atoms with Crippen LogP contribution >= 0.6 is 0 Å². The molecule has 2 aromatic carbocycles. The highest BCUT2D eigenvalue weighted by Crippen LogP contribution is 2.25. The number of carbonyl (C=O) groups excluding carboxylic acids is 1. The molecule has 0 heterocycles. The minimum atomic E-state index is -0.546. The van der Waals surface area contributed by atoms with Gasteiger partial charge < -0.3 is 10.1 Å². The molecule has 0 spiro atoms. The lowest BCUT2D eigenvalue weighted by Crippen LogP contribution is -2.38. The van der Waals surface area contributed by atoms with Gasteiger partial charge in [0.1, 0.15) is 5.75 Å². The van der Waals surface area contributed by atoms with Gasteiger partial charge in [0.2, 0.25) is 0 Å². The highest BCUT2D eigenvalue weighted by Gasteiger charge is 2.20. The van der Waals surface area contributed by atoms with E-state index in [-0.39, 0.29) is 11.9 Å². The van der Waals surface area contributed by atoms with Crippen molar-refractivity contribution in [1.82, 2.24) is 5.32 Å². The Bertz CT molecular complexity index is 795. The second-order valence-corrected chi connectivity index (χ2v) is 7.28. The Kier molecular flexibility index (Phi) is 6.47. The molecule has 0 fully saturated rings. The van der Waals surface area contributed by atoms with Gasteiger partial charge in [0.25, 0.3) is 5.91 Å². The van der Waals surface area contributed by atoms with Crippen LogP contribution in [0.25, 0.3) is 0 Å². The number of ether oxygens (including phenoxy) is 1. The van der Waals surface area contributed by atoms with Crippen LogP contribution in [0, 0.1) is 34.6 Å². The summed E-state index contributed by atoms with van der Waals surface area (Å²) >= 11 is 0. The fourth-order valence-electron chi connectivity index (χ4n) is 3.06. The van der Waals surface area contributed by atoms with Gasteiger partial charge in [0, 0.05) is 0 Å². The van der Waals surface area contributed by atoms with Gasteiger partial charge in [0.05, 0.1) is 6.04 Å². The predicted molar refractivity (Wildman–Crippen MR) is 108 cm³/mol. The van der Waals surface area contributed by atoms with E-state index >= 15 is 0 Å². The molecule has 0 aliphatic carbocycles. The van der Waals surface area contributed by atoms with Crippen LogP contribution in [0.1, 0.15) is 59.7 Å². The summed E-state index contributed by atoms with van der Waals surface area (Å²) in [7, 11) is 0. The molecule has 140 valence electrons. The maximum absolute atomic E-state index is 12.7. The number of hydrogen-bond donors (Lipinski definition) is 1. The molecule has 0 radical (unpaired) electrons. The van der Waals surface area contributed by atoms with Crippen LogP contribution in [0.4, 0.5) is 0 Å². The summed E-state index contributed by atoms with van der Waals surface area (Å²) in [4.78, 5) is 12.7. The average Bonchev–Trinajstić information content (AvgIpc) is 2.59. The van der Waals surface area contributed by atoms with Gasteiger partial charge >= 0.3 is 0 Å². The van der Waals surface area contributed by atoms with Gasteiger partial charge in [-0.3, -0.25) is 4.79 Å². The smallest absolute Gasteiger partial charge is 0.261 e. The molecule has 2 atom stereocenters. The molecular formula is C23H31NO2. The third-order valence-corrected chi connectivity index (χ3v) is 5.10. The van der Waals surface area contributed by atoms with Crippen molar-refractivity contribution in [1.29, 1.82) is 0 Å². The van der Waals surface area contributed by atoms with Crippen LogP contribution in [0.15, 0.2) is 30.3 Å². The zero-order valence-corrected chi connectivity index (χ0v) is 17.1. The summed E-state index contributed by atoms with van der Waals surface area (Å²) in [6, 6.07) is 10.5. The Morgan fingerprint density at radius 2 is 1.69 bits per heavy atom. The minimum absolute atomic E-state index is 0.00630. The zero-order chi connectivity index (χ0) is 19.4. The molecule has 2 rings (SSSR count). The Balaban J connectivity index is 2.11. The summed E-state index contributed by atoms with van der Waals surface area (Å²) in [6.07, 6.45) is 0.291. The molecule has 1 amide bonds. The number of hydrogen-bond acceptors (Lipinski definition) is 2. The highest BCUT2D eigenvalue weighted by atomic mass is 16.5. The molecule has 3 heteroatoms. The summed E-state index contributed by atoms with van der Waals surface area (Å²) in [5.41, 5.74) is 7.03. The number of carbonyl (C=O) groups is 1. The van der Waals surface area contributed by atoms with E-state index in [0.29, 0.717) is 0 Å². The summed E-state index contributed by atoms with van der Waals surface area (Å²) in [5.74, 6) is 0.693. The Morgan fingerprint density at radius 1 is 1.00 bits per heavy atom. The van der Waals surface area contributed by atoms with E-state index in [1.54, 1.807) is 6.92 Å². The quantitative estimate of drug-likeness (QED) is 0.769. The Labute approximate surface area is 157 Å². The molecule has 1 N–H and O–H groups in total. The molecule has 0 aromatic heterocycles. The van der Waals surface area contributed by atoms with Crippen molar-refractivity contribution in [2.45, 2.75) is 67.0 Å². The van der Waals surface area contributed by atoms with E-state index in [1.165, 1.54) is 16.7 Å². The van der Waals surface area contributed by atoms with Crippen molar-refractivity contribution in [3.05, 3.63) is 63.7 Å². The van der Waals surface area contributed by atoms with Gasteiger partial charge in [0.15, 0.2) is 6.10 Å². The number of amides is 1. The van der Waals surface area contributed by atoms with Gasteiger partial charge in [-0.15, -0.1) is 0 Å². The average molecular weight is 354 g/mol. The molecule has 0 saturated carbocycles. The van der Waals surface area contributed by atoms with E-state index in [1.807, 2.05) is 19.9 Å². The SMILES string of the molecule is CC[C@H](NC(=O)[C@H](C)Oc1cc(C)cc(C)c1C)c1ccc(C)c(C)c1. The van der Waals surface area contributed by atoms with Crippen molar-refractivity contribution in [2.75, 3.05) is 0 Å². The molecule has 3 nitrogen and oxygen atoms in total. The Hall–Kier alpha value is -2.29. The fourth-order valence-corrected chi connectivity index (χ4v) is 3.06. The van der Waals surface area contributed by atoms with Crippen molar-refractivity contribution >= 4 is 5.91 Å². The van der Waals surface area contributed by atoms with Crippen LogP contribution in [-0.4, -0.2) is 12.0 Å². The lowest BCUT2D eigenvalue weighted by molar-refractivity contribution is -0.128. The van der Waals surface area contributed by atoms with Crippen LogP contribution in [-0.2, 0) is 4.79 Å². The third kappa shape index (κ3) is 4.66. The fraction of sp³-hybridized carbons (Fsp3) is 0.435. The number of benzene rings is 2. The summed E-state index contributed by atoms with van der Waals surface area (Å²) in [6.45, 7) is 14.2. The maximum atomic E-state index is 12.7. The summed E-state index contributed by atoms with van der Waals surface area (Å²) < 4.78 is 5.98. The van der Waals surface area contributed by atoms with E-state index < -0.39 is 6.10 Å². The monoisotopic (exact) mass is 353 g/mol. The lowest BCUT2D eigenvalue weighted by Gasteiger charge is -2.22. The van der Waals surface area contributed by atoms with E-state index in [9.17, 15) is 4.79 Å². The normalized spacial score (nSPS) is 13.2. The first-order valence-electron chi connectivity index (χ1n) is 9.35. The molecule has 0 bridgehead atoms. The van der Waals surface area contributed by atoms with E-state index in [4.69, 9.17) is 4.74 Å². The molecule has 2 aromatic rings. The minimum Gasteiger partial charge on any atom is -0.481 e. The first-order valence-corrected chi connectivity index (χ1v) is 9.35. The van der Waals surface area contributed by atoms with Crippen molar-refractivity contribution in [3.63, 3.8) is 0 Å².